The smallest absolute Gasteiger partial charge is 0.252 e. The van der Waals surface area contributed by atoms with Crippen molar-refractivity contribution in [3.63, 3.8) is 0 Å². The van der Waals surface area contributed by atoms with Gasteiger partial charge in [0.25, 0.3) is 5.91 Å². The fourth-order valence-electron chi connectivity index (χ4n) is 2.18. The molecule has 2 rings (SSSR count). The van der Waals surface area contributed by atoms with Crippen LogP contribution in [0.5, 0.6) is 0 Å². The van der Waals surface area contributed by atoms with Gasteiger partial charge in [-0.15, -0.1) is 0 Å². The highest BCUT2D eigenvalue weighted by molar-refractivity contribution is 9.10. The number of hydrogen-bond acceptors (Lipinski definition) is 2. The Morgan fingerprint density at radius 2 is 1.86 bits per heavy atom. The van der Waals surface area contributed by atoms with E-state index in [0.29, 0.717) is 5.56 Å². The Kier molecular flexibility index (Phi) is 4.80. The van der Waals surface area contributed by atoms with Crippen LogP contribution in [-0.2, 0) is 5.54 Å². The van der Waals surface area contributed by atoms with Gasteiger partial charge in [-0.25, -0.2) is 0 Å². The standard InChI is InChI=1S/C17H18BrNO2/c1-12-14(9-6-10-15(12)18)16(21)19-17(2,11-20)13-7-4-3-5-8-13/h3-10,20H,11H2,1-2H3,(H,19,21). The quantitative estimate of drug-likeness (QED) is 0.890. The molecule has 1 atom stereocenters. The minimum absolute atomic E-state index is 0.171. The Bertz CT molecular complexity index is 642. The van der Waals surface area contributed by atoms with Gasteiger partial charge in [-0.1, -0.05) is 52.3 Å². The second-order valence-corrected chi connectivity index (χ2v) is 6.08. The fraction of sp³-hybridized carbons (Fsp3) is 0.235. The lowest BCUT2D eigenvalue weighted by Gasteiger charge is -2.29. The number of benzene rings is 2. The molecule has 1 amide bonds. The summed E-state index contributed by atoms with van der Waals surface area (Å²) >= 11 is 3.43. The van der Waals surface area contributed by atoms with Gasteiger partial charge in [0.2, 0.25) is 0 Å². The van der Waals surface area contributed by atoms with Crippen molar-refractivity contribution in [3.8, 4) is 0 Å². The summed E-state index contributed by atoms with van der Waals surface area (Å²) in [6.45, 7) is 3.53. The number of nitrogens with one attached hydrogen (secondary N) is 1. The molecule has 0 spiro atoms. The van der Waals surface area contributed by atoms with Gasteiger partial charge in [-0.3, -0.25) is 4.79 Å². The third kappa shape index (κ3) is 3.34. The van der Waals surface area contributed by atoms with Crippen LogP contribution in [0.3, 0.4) is 0 Å². The third-order valence-corrected chi connectivity index (χ3v) is 4.49. The van der Waals surface area contributed by atoms with Gasteiger partial charge in [0.05, 0.1) is 12.1 Å². The second-order valence-electron chi connectivity index (χ2n) is 5.22. The van der Waals surface area contributed by atoms with Crippen LogP contribution in [0.25, 0.3) is 0 Å². The molecule has 0 saturated carbocycles. The van der Waals surface area contributed by atoms with Crippen molar-refractivity contribution < 1.29 is 9.90 Å². The number of rotatable bonds is 4. The Hall–Kier alpha value is -1.65. The minimum atomic E-state index is -0.812. The third-order valence-electron chi connectivity index (χ3n) is 3.63. The van der Waals surface area contributed by atoms with Crippen molar-refractivity contribution in [2.45, 2.75) is 19.4 Å². The maximum Gasteiger partial charge on any atom is 0.252 e. The van der Waals surface area contributed by atoms with Gasteiger partial charge >= 0.3 is 0 Å². The van der Waals surface area contributed by atoms with E-state index >= 15 is 0 Å². The first-order valence-corrected chi connectivity index (χ1v) is 7.51. The van der Waals surface area contributed by atoms with E-state index in [2.05, 4.69) is 21.2 Å². The highest BCUT2D eigenvalue weighted by Crippen LogP contribution is 2.23. The number of aliphatic hydroxyl groups excluding tert-OH is 1. The van der Waals surface area contributed by atoms with E-state index < -0.39 is 5.54 Å². The van der Waals surface area contributed by atoms with Crippen LogP contribution in [0, 0.1) is 6.92 Å². The van der Waals surface area contributed by atoms with Crippen LogP contribution in [0.2, 0.25) is 0 Å². The van der Waals surface area contributed by atoms with Gasteiger partial charge in [-0.2, -0.15) is 0 Å². The zero-order valence-electron chi connectivity index (χ0n) is 12.1. The lowest BCUT2D eigenvalue weighted by molar-refractivity contribution is 0.0849. The number of aliphatic hydroxyl groups is 1. The van der Waals surface area contributed by atoms with E-state index in [1.807, 2.05) is 56.3 Å². The van der Waals surface area contributed by atoms with Crippen LogP contribution in [0.15, 0.2) is 53.0 Å². The molecular weight excluding hydrogens is 330 g/mol. The van der Waals surface area contributed by atoms with E-state index in [-0.39, 0.29) is 12.5 Å². The van der Waals surface area contributed by atoms with Crippen molar-refractivity contribution in [1.29, 1.82) is 0 Å². The molecule has 110 valence electrons. The van der Waals surface area contributed by atoms with Crippen molar-refractivity contribution in [3.05, 3.63) is 69.7 Å². The minimum Gasteiger partial charge on any atom is -0.394 e. The van der Waals surface area contributed by atoms with Crippen LogP contribution < -0.4 is 5.32 Å². The van der Waals surface area contributed by atoms with E-state index in [1.165, 1.54) is 0 Å². The molecule has 0 aliphatic rings. The SMILES string of the molecule is Cc1c(Br)cccc1C(=O)NC(C)(CO)c1ccccc1. The summed E-state index contributed by atoms with van der Waals surface area (Å²) in [5.41, 5.74) is 1.53. The Morgan fingerprint density at radius 3 is 2.48 bits per heavy atom. The van der Waals surface area contributed by atoms with E-state index in [0.717, 1.165) is 15.6 Å². The van der Waals surface area contributed by atoms with Crippen LogP contribution in [0.1, 0.15) is 28.4 Å². The summed E-state index contributed by atoms with van der Waals surface area (Å²) in [5.74, 6) is -0.200. The molecule has 4 heteroatoms. The topological polar surface area (TPSA) is 49.3 Å². The molecule has 0 saturated heterocycles. The summed E-state index contributed by atoms with van der Waals surface area (Å²) in [6.07, 6.45) is 0. The van der Waals surface area contributed by atoms with Gasteiger partial charge in [-0.05, 0) is 37.1 Å². The molecule has 21 heavy (non-hydrogen) atoms. The molecular formula is C17H18BrNO2. The van der Waals surface area contributed by atoms with Gasteiger partial charge in [0.15, 0.2) is 0 Å². The predicted molar refractivity (Wildman–Crippen MR) is 87.2 cm³/mol. The Balaban J connectivity index is 2.30. The number of carbonyl (C=O) groups excluding carboxylic acids is 1. The molecule has 2 N–H and O–H groups in total. The maximum atomic E-state index is 12.5. The molecule has 0 bridgehead atoms. The normalized spacial score (nSPS) is 13.5. The predicted octanol–water partition coefficient (Wildman–Crippen LogP) is 3.40. The first kappa shape index (κ1) is 15.7. The molecule has 0 fully saturated rings. The molecule has 0 aliphatic heterocycles. The number of amides is 1. The summed E-state index contributed by atoms with van der Waals surface area (Å²) in [4.78, 5) is 12.5. The monoisotopic (exact) mass is 347 g/mol. The second kappa shape index (κ2) is 6.41. The molecule has 0 heterocycles. The van der Waals surface area contributed by atoms with Crippen LogP contribution >= 0.6 is 15.9 Å². The number of hydrogen-bond donors (Lipinski definition) is 2. The highest BCUT2D eigenvalue weighted by Gasteiger charge is 2.28. The summed E-state index contributed by atoms with van der Waals surface area (Å²) in [5, 5.41) is 12.7. The fourth-order valence-corrected chi connectivity index (χ4v) is 2.55. The molecule has 3 nitrogen and oxygen atoms in total. The maximum absolute atomic E-state index is 12.5. The molecule has 1 unspecified atom stereocenters. The molecule has 0 aromatic heterocycles. The Morgan fingerprint density at radius 1 is 1.19 bits per heavy atom. The largest absolute Gasteiger partial charge is 0.394 e. The lowest BCUT2D eigenvalue weighted by Crippen LogP contribution is -2.46. The van der Waals surface area contributed by atoms with E-state index in [4.69, 9.17) is 0 Å². The zero-order chi connectivity index (χ0) is 15.5. The van der Waals surface area contributed by atoms with E-state index in [1.54, 1.807) is 6.07 Å². The van der Waals surface area contributed by atoms with Crippen molar-refractivity contribution in [2.75, 3.05) is 6.61 Å². The zero-order valence-corrected chi connectivity index (χ0v) is 13.6. The average Bonchev–Trinajstić information content (AvgIpc) is 2.50. The van der Waals surface area contributed by atoms with Gasteiger partial charge in [0.1, 0.15) is 0 Å². The van der Waals surface area contributed by atoms with Crippen LogP contribution in [-0.4, -0.2) is 17.6 Å². The first-order valence-electron chi connectivity index (χ1n) is 6.72. The number of carbonyl (C=O) groups is 1. The molecule has 0 radical (unpaired) electrons. The van der Waals surface area contributed by atoms with Crippen molar-refractivity contribution in [2.24, 2.45) is 0 Å². The van der Waals surface area contributed by atoms with Crippen molar-refractivity contribution in [1.82, 2.24) is 5.32 Å². The summed E-state index contributed by atoms with van der Waals surface area (Å²) < 4.78 is 0.889. The van der Waals surface area contributed by atoms with Crippen molar-refractivity contribution >= 4 is 21.8 Å². The average molecular weight is 348 g/mol. The van der Waals surface area contributed by atoms with E-state index in [9.17, 15) is 9.90 Å². The lowest BCUT2D eigenvalue weighted by atomic mass is 9.92. The van der Waals surface area contributed by atoms with Gasteiger partial charge in [0, 0.05) is 10.0 Å². The summed E-state index contributed by atoms with van der Waals surface area (Å²) in [7, 11) is 0. The number of halogens is 1. The van der Waals surface area contributed by atoms with Crippen LogP contribution in [0.4, 0.5) is 0 Å². The molecule has 2 aromatic carbocycles. The first-order chi connectivity index (χ1) is 9.98. The molecule has 0 aliphatic carbocycles. The summed E-state index contributed by atoms with van der Waals surface area (Å²) in [6, 6.07) is 15.0. The molecule has 2 aromatic rings. The Labute approximate surface area is 133 Å². The highest BCUT2D eigenvalue weighted by atomic mass is 79.9. The van der Waals surface area contributed by atoms with Gasteiger partial charge < -0.3 is 10.4 Å².